The molecule has 0 bridgehead atoms. The van der Waals surface area contributed by atoms with Gasteiger partial charge in [0, 0.05) is 27.9 Å². The molecule has 0 spiro atoms. The molecule has 39 heavy (non-hydrogen) atoms. The number of halogens is 2. The Bertz CT molecular complexity index is 1820. The number of aryl methyl sites for hydroxylation is 1. The number of benzene rings is 2. The first kappa shape index (κ1) is 27.3. The van der Waals surface area contributed by atoms with Crippen molar-refractivity contribution in [1.29, 1.82) is 0 Å². The van der Waals surface area contributed by atoms with E-state index in [0.29, 0.717) is 32.8 Å². The monoisotopic (exact) mass is 659 g/mol. The molecule has 0 unspecified atom stereocenters. The van der Waals surface area contributed by atoms with Gasteiger partial charge in [0.1, 0.15) is 17.0 Å². The van der Waals surface area contributed by atoms with E-state index in [4.69, 9.17) is 12.2 Å². The lowest BCUT2D eigenvalue weighted by Gasteiger charge is -2.22. The fourth-order valence-corrected chi connectivity index (χ4v) is 5.90. The smallest absolute Gasteiger partial charge is 0.336 e. The molecule has 0 radical (unpaired) electrons. The lowest BCUT2D eigenvalue weighted by atomic mass is 10.1. The first-order chi connectivity index (χ1) is 18.6. The van der Waals surface area contributed by atoms with Crippen molar-refractivity contribution in [3.63, 3.8) is 0 Å². The zero-order chi connectivity index (χ0) is 28.0. The van der Waals surface area contributed by atoms with Gasteiger partial charge in [-0.25, -0.2) is 9.18 Å². The highest BCUT2D eigenvalue weighted by Gasteiger charge is 2.28. The molecular weight excluding hydrogens is 632 g/mol. The van der Waals surface area contributed by atoms with Crippen LogP contribution in [0.1, 0.15) is 44.2 Å². The Morgan fingerprint density at radius 2 is 1.79 bits per heavy atom. The number of nitrogens with zero attached hydrogens (tertiary/aromatic N) is 3. The SMILES string of the molecule is CC(=S)Nc1cccc(-n2c(=O)n(C3CCCC3)c(=O)c3c(Nc4ccc(I)cc4F)n(C)c(=O)c(C)c32)c1. The molecule has 2 heterocycles. The molecule has 1 aliphatic rings. The van der Waals surface area contributed by atoms with Crippen LogP contribution in [0.5, 0.6) is 0 Å². The normalized spacial score (nSPS) is 13.7. The maximum absolute atomic E-state index is 14.9. The van der Waals surface area contributed by atoms with E-state index in [0.717, 1.165) is 12.8 Å². The van der Waals surface area contributed by atoms with Crippen molar-refractivity contribution in [2.75, 3.05) is 10.6 Å². The van der Waals surface area contributed by atoms with Crippen molar-refractivity contribution in [3.05, 3.63) is 88.6 Å². The highest BCUT2D eigenvalue weighted by Crippen LogP contribution is 2.31. The van der Waals surface area contributed by atoms with Gasteiger partial charge in [-0.3, -0.25) is 23.3 Å². The van der Waals surface area contributed by atoms with Gasteiger partial charge in [-0.15, -0.1) is 0 Å². The lowest BCUT2D eigenvalue weighted by molar-refractivity contribution is 0.476. The highest BCUT2D eigenvalue weighted by molar-refractivity contribution is 14.1. The van der Waals surface area contributed by atoms with Crippen molar-refractivity contribution in [2.45, 2.75) is 45.6 Å². The number of thiocarbonyl (C=S) groups is 1. The van der Waals surface area contributed by atoms with Crippen molar-refractivity contribution >= 4 is 67.9 Å². The number of rotatable bonds is 5. The molecule has 1 fully saturated rings. The molecule has 5 rings (SSSR count). The van der Waals surface area contributed by atoms with Crippen LogP contribution in [0.4, 0.5) is 21.6 Å². The summed E-state index contributed by atoms with van der Waals surface area (Å²) >= 11 is 7.20. The molecule has 2 aromatic carbocycles. The predicted molar refractivity (Wildman–Crippen MR) is 166 cm³/mol. The Morgan fingerprint density at radius 3 is 2.46 bits per heavy atom. The van der Waals surface area contributed by atoms with Crippen LogP contribution < -0.4 is 27.4 Å². The first-order valence-corrected chi connectivity index (χ1v) is 14.1. The van der Waals surface area contributed by atoms with Gasteiger partial charge >= 0.3 is 5.69 Å². The maximum Gasteiger partial charge on any atom is 0.336 e. The van der Waals surface area contributed by atoms with Gasteiger partial charge < -0.3 is 10.6 Å². The summed E-state index contributed by atoms with van der Waals surface area (Å²) in [6.45, 7) is 3.35. The van der Waals surface area contributed by atoms with E-state index in [2.05, 4.69) is 10.6 Å². The zero-order valence-corrected chi connectivity index (χ0v) is 24.7. The van der Waals surface area contributed by atoms with E-state index in [1.807, 2.05) is 28.7 Å². The quantitative estimate of drug-likeness (QED) is 0.217. The van der Waals surface area contributed by atoms with Crippen LogP contribution in [-0.2, 0) is 7.05 Å². The molecular formula is C28H27FIN5O3S. The van der Waals surface area contributed by atoms with Gasteiger partial charge in [0.25, 0.3) is 11.1 Å². The third-order valence-corrected chi connectivity index (χ3v) is 7.92. The van der Waals surface area contributed by atoms with Crippen LogP contribution in [0.3, 0.4) is 0 Å². The van der Waals surface area contributed by atoms with Gasteiger partial charge in [0.05, 0.1) is 21.9 Å². The topological polar surface area (TPSA) is 90.1 Å². The van der Waals surface area contributed by atoms with Gasteiger partial charge in [0.2, 0.25) is 0 Å². The van der Waals surface area contributed by atoms with Gasteiger partial charge in [0.15, 0.2) is 0 Å². The average Bonchev–Trinajstić information content (AvgIpc) is 3.41. The molecule has 2 N–H and O–H groups in total. The zero-order valence-electron chi connectivity index (χ0n) is 21.7. The molecule has 0 aliphatic heterocycles. The Balaban J connectivity index is 1.92. The Kier molecular flexibility index (Phi) is 7.47. The molecule has 0 amide bonds. The number of anilines is 3. The summed E-state index contributed by atoms with van der Waals surface area (Å²) in [6, 6.07) is 11.5. The second-order valence-corrected chi connectivity index (χ2v) is 11.6. The summed E-state index contributed by atoms with van der Waals surface area (Å²) in [5.74, 6) is -0.406. The summed E-state index contributed by atoms with van der Waals surface area (Å²) in [7, 11) is 1.53. The molecule has 1 saturated carbocycles. The van der Waals surface area contributed by atoms with E-state index in [-0.39, 0.29) is 34.0 Å². The minimum atomic E-state index is -0.526. The number of aromatic nitrogens is 3. The molecule has 4 aromatic rings. The third kappa shape index (κ3) is 4.93. The number of nitrogens with one attached hydrogen (secondary N) is 2. The summed E-state index contributed by atoms with van der Waals surface area (Å²) in [5, 5.41) is 6.22. The summed E-state index contributed by atoms with van der Waals surface area (Å²) in [6.07, 6.45) is 3.22. The van der Waals surface area contributed by atoms with Gasteiger partial charge in [-0.05, 0) is 85.7 Å². The molecule has 0 atom stereocenters. The molecule has 0 saturated heterocycles. The molecule has 8 nitrogen and oxygen atoms in total. The fraction of sp³-hybridized carbons (Fsp3) is 0.286. The lowest BCUT2D eigenvalue weighted by Crippen LogP contribution is -2.43. The Morgan fingerprint density at radius 1 is 1.08 bits per heavy atom. The maximum atomic E-state index is 14.9. The predicted octanol–water partition coefficient (Wildman–Crippen LogP) is 5.52. The van der Waals surface area contributed by atoms with Gasteiger partial charge in [-0.1, -0.05) is 31.1 Å². The van der Waals surface area contributed by atoms with Crippen LogP contribution >= 0.6 is 34.8 Å². The fourth-order valence-electron chi connectivity index (χ4n) is 5.33. The van der Waals surface area contributed by atoms with Crippen LogP contribution in [0.15, 0.2) is 56.8 Å². The number of pyridine rings is 1. The molecule has 1 aliphatic carbocycles. The Labute approximate surface area is 242 Å². The molecule has 202 valence electrons. The van der Waals surface area contributed by atoms with Crippen LogP contribution in [0.2, 0.25) is 0 Å². The van der Waals surface area contributed by atoms with E-state index in [1.54, 1.807) is 44.2 Å². The number of hydrogen-bond acceptors (Lipinski definition) is 5. The Hall–Kier alpha value is -3.32. The van der Waals surface area contributed by atoms with Crippen LogP contribution in [-0.4, -0.2) is 18.7 Å². The highest BCUT2D eigenvalue weighted by atomic mass is 127. The van der Waals surface area contributed by atoms with Crippen molar-refractivity contribution in [1.82, 2.24) is 13.7 Å². The van der Waals surface area contributed by atoms with Crippen LogP contribution in [0, 0.1) is 16.3 Å². The van der Waals surface area contributed by atoms with Crippen LogP contribution in [0.25, 0.3) is 16.6 Å². The van der Waals surface area contributed by atoms with Gasteiger partial charge in [-0.2, -0.15) is 0 Å². The summed E-state index contributed by atoms with van der Waals surface area (Å²) < 4.78 is 19.7. The molecule has 2 aromatic heterocycles. The first-order valence-electron chi connectivity index (χ1n) is 12.6. The minimum absolute atomic E-state index is 0.114. The summed E-state index contributed by atoms with van der Waals surface area (Å²) in [4.78, 5) is 42.3. The molecule has 11 heteroatoms. The van der Waals surface area contributed by atoms with Crippen molar-refractivity contribution in [2.24, 2.45) is 7.05 Å². The minimum Gasteiger partial charge on any atom is -0.350 e. The standard InChI is InChI=1S/C28H27FIN5O3S/c1-15-24-23(25(33(3)26(15)36)32-22-12-11-17(30)13-21(22)29)27(37)35(19-8-4-5-9-19)28(38)34(24)20-10-6-7-18(14-20)31-16(2)39/h6-7,10-14,19,32H,4-5,8-9H2,1-3H3,(H,31,39). The second-order valence-electron chi connectivity index (χ2n) is 9.77. The largest absolute Gasteiger partial charge is 0.350 e. The van der Waals surface area contributed by atoms with E-state index in [1.165, 1.54) is 26.8 Å². The van der Waals surface area contributed by atoms with Crippen molar-refractivity contribution < 1.29 is 4.39 Å². The average molecular weight is 660 g/mol. The van der Waals surface area contributed by atoms with E-state index >= 15 is 0 Å². The van der Waals surface area contributed by atoms with E-state index in [9.17, 15) is 18.8 Å². The van der Waals surface area contributed by atoms with E-state index < -0.39 is 22.6 Å². The number of fused-ring (bicyclic) bond motifs is 1. The third-order valence-electron chi connectivity index (χ3n) is 7.14. The summed E-state index contributed by atoms with van der Waals surface area (Å²) in [5.41, 5.74) is 0.243. The second kappa shape index (κ2) is 10.7. The number of hydrogen-bond donors (Lipinski definition) is 2. The van der Waals surface area contributed by atoms with Crippen molar-refractivity contribution in [3.8, 4) is 5.69 Å².